The highest BCUT2D eigenvalue weighted by Crippen LogP contribution is 2.29. The molecule has 0 bridgehead atoms. The third-order valence-corrected chi connectivity index (χ3v) is 4.95. The number of aliphatic carboxylic acids is 1. The van der Waals surface area contributed by atoms with E-state index in [2.05, 4.69) is 39.9 Å². The monoisotopic (exact) mass is 417 g/mol. The highest BCUT2D eigenvalue weighted by Gasteiger charge is 2.20. The van der Waals surface area contributed by atoms with Crippen LogP contribution in [0.3, 0.4) is 0 Å². The number of carbonyl (C=O) groups excluding carboxylic acids is 1. The molecule has 0 aliphatic heterocycles. The quantitative estimate of drug-likeness (QED) is 0.532. The van der Waals surface area contributed by atoms with Gasteiger partial charge in [-0.1, -0.05) is 53.2 Å². The first kappa shape index (κ1) is 20.2. The predicted octanol–water partition coefficient (Wildman–Crippen LogP) is 5.30. The first-order chi connectivity index (χ1) is 12.5. The van der Waals surface area contributed by atoms with E-state index in [0.29, 0.717) is 18.5 Å². The minimum atomic E-state index is -0.772. The topological polar surface area (TPSA) is 57.6 Å². The number of halogens is 1. The lowest BCUT2D eigenvalue weighted by Crippen LogP contribution is -2.35. The molecule has 0 aliphatic rings. The number of anilines is 1. The van der Waals surface area contributed by atoms with Gasteiger partial charge in [0.25, 0.3) is 0 Å². The Morgan fingerprint density at radius 1 is 1.23 bits per heavy atom. The van der Waals surface area contributed by atoms with Gasteiger partial charge in [0.05, 0.1) is 0 Å². The summed E-state index contributed by atoms with van der Waals surface area (Å²) in [5, 5.41) is 8.94. The minimum Gasteiger partial charge on any atom is -0.481 e. The third-order valence-electron chi connectivity index (χ3n) is 4.46. The lowest BCUT2D eigenvalue weighted by Gasteiger charge is -2.34. The van der Waals surface area contributed by atoms with Gasteiger partial charge in [-0.15, -0.1) is 0 Å². The number of hydrogen-bond acceptors (Lipinski definition) is 3. The molecule has 2 aromatic carbocycles. The average Bonchev–Trinajstić information content (AvgIpc) is 2.64. The van der Waals surface area contributed by atoms with Crippen LogP contribution in [0.25, 0.3) is 0 Å². The molecule has 1 N–H and O–H groups in total. The van der Waals surface area contributed by atoms with Crippen LogP contribution < -0.4 is 4.90 Å². The molecule has 26 heavy (non-hydrogen) atoms. The maximum absolute atomic E-state index is 11.6. The third kappa shape index (κ3) is 5.70. The van der Waals surface area contributed by atoms with Crippen LogP contribution in [0.4, 0.5) is 5.69 Å². The molecular formula is C21H24BrNO3. The number of benzene rings is 2. The number of nitrogens with zero attached hydrogens (tertiary/aromatic N) is 1. The molecule has 138 valence electrons. The summed E-state index contributed by atoms with van der Waals surface area (Å²) in [6.07, 6.45) is 3.30. The molecule has 0 amide bonds. The summed E-state index contributed by atoms with van der Waals surface area (Å²) >= 11 is 3.42. The van der Waals surface area contributed by atoms with Crippen molar-refractivity contribution in [2.24, 2.45) is 0 Å². The van der Waals surface area contributed by atoms with Crippen LogP contribution in [-0.4, -0.2) is 23.4 Å². The summed E-state index contributed by atoms with van der Waals surface area (Å²) in [5.41, 5.74) is 2.67. The van der Waals surface area contributed by atoms with E-state index in [9.17, 15) is 9.59 Å². The fourth-order valence-electron chi connectivity index (χ4n) is 3.14. The molecule has 0 heterocycles. The summed E-state index contributed by atoms with van der Waals surface area (Å²) in [6, 6.07) is 16.0. The molecule has 0 saturated heterocycles. The lowest BCUT2D eigenvalue weighted by molar-refractivity contribution is -0.137. The van der Waals surface area contributed by atoms with Gasteiger partial charge in [0.15, 0.2) is 6.29 Å². The number of carboxylic acids is 1. The molecular weight excluding hydrogens is 394 g/mol. The number of rotatable bonds is 10. The largest absolute Gasteiger partial charge is 0.481 e. The second kappa shape index (κ2) is 10.1. The van der Waals surface area contributed by atoms with E-state index >= 15 is 0 Å². The highest BCUT2D eigenvalue weighted by atomic mass is 79.9. The molecule has 0 aromatic heterocycles. The second-order valence-corrected chi connectivity index (χ2v) is 7.20. The van der Waals surface area contributed by atoms with Crippen LogP contribution in [0, 0.1) is 0 Å². The van der Waals surface area contributed by atoms with Crippen molar-refractivity contribution in [1.82, 2.24) is 0 Å². The van der Waals surface area contributed by atoms with Crippen molar-refractivity contribution in [3.05, 3.63) is 64.1 Å². The molecule has 1 atom stereocenters. The number of aldehydes is 1. The van der Waals surface area contributed by atoms with Gasteiger partial charge in [-0.25, -0.2) is 0 Å². The molecule has 2 rings (SSSR count). The van der Waals surface area contributed by atoms with Crippen molar-refractivity contribution in [1.29, 1.82) is 0 Å². The molecule has 5 heteroatoms. The van der Waals surface area contributed by atoms with Crippen LogP contribution in [0.2, 0.25) is 0 Å². The number of carbonyl (C=O) groups is 2. The Morgan fingerprint density at radius 2 is 1.96 bits per heavy atom. The normalized spacial score (nSPS) is 11.8. The van der Waals surface area contributed by atoms with E-state index in [1.54, 1.807) is 0 Å². The van der Waals surface area contributed by atoms with Gasteiger partial charge in [0.1, 0.15) is 0 Å². The average molecular weight is 418 g/mol. The summed E-state index contributed by atoms with van der Waals surface area (Å²) in [5.74, 6) is -0.772. The van der Waals surface area contributed by atoms with Crippen molar-refractivity contribution in [2.45, 2.75) is 45.2 Å². The zero-order chi connectivity index (χ0) is 18.9. The first-order valence-corrected chi connectivity index (χ1v) is 9.61. The van der Waals surface area contributed by atoms with Gasteiger partial charge in [0, 0.05) is 34.7 Å². The van der Waals surface area contributed by atoms with Gasteiger partial charge in [0.2, 0.25) is 0 Å². The maximum Gasteiger partial charge on any atom is 0.303 e. The standard InChI is InChI=1S/C21H24BrNO3/c1-2-19(9-6-10-21(25)26)23(14-16-7-4-3-5-8-16)20-12-11-18(22)13-17(20)15-24/h3-5,7-8,11-13,15,19H,2,6,9-10,14H2,1H3,(H,25,26). The highest BCUT2D eigenvalue weighted by molar-refractivity contribution is 9.10. The van der Waals surface area contributed by atoms with E-state index in [-0.39, 0.29) is 12.5 Å². The zero-order valence-corrected chi connectivity index (χ0v) is 16.5. The molecule has 0 fully saturated rings. The second-order valence-electron chi connectivity index (χ2n) is 6.28. The Balaban J connectivity index is 2.34. The Bertz CT molecular complexity index is 733. The fourth-order valence-corrected chi connectivity index (χ4v) is 3.52. The Labute approximate surface area is 163 Å². The van der Waals surface area contributed by atoms with E-state index in [4.69, 9.17) is 5.11 Å². The molecule has 0 aliphatic carbocycles. The molecule has 0 spiro atoms. The molecule has 1 unspecified atom stereocenters. The summed E-state index contributed by atoms with van der Waals surface area (Å²) in [4.78, 5) is 24.7. The Morgan fingerprint density at radius 3 is 2.58 bits per heavy atom. The van der Waals surface area contributed by atoms with Gasteiger partial charge in [-0.2, -0.15) is 0 Å². The molecule has 0 radical (unpaired) electrons. The summed E-state index contributed by atoms with van der Waals surface area (Å²) < 4.78 is 0.863. The fraction of sp³-hybridized carbons (Fsp3) is 0.333. The van der Waals surface area contributed by atoms with E-state index in [0.717, 1.165) is 34.9 Å². The van der Waals surface area contributed by atoms with Crippen LogP contribution >= 0.6 is 15.9 Å². The van der Waals surface area contributed by atoms with E-state index in [1.165, 1.54) is 0 Å². The van der Waals surface area contributed by atoms with Crippen molar-refractivity contribution < 1.29 is 14.7 Å². The van der Waals surface area contributed by atoms with Gasteiger partial charge >= 0.3 is 5.97 Å². The van der Waals surface area contributed by atoms with Crippen molar-refractivity contribution in [2.75, 3.05) is 4.90 Å². The zero-order valence-electron chi connectivity index (χ0n) is 14.9. The van der Waals surface area contributed by atoms with Gasteiger partial charge < -0.3 is 10.0 Å². The SMILES string of the molecule is CCC(CCCC(=O)O)N(Cc1ccccc1)c1ccc(Br)cc1C=O. The van der Waals surface area contributed by atoms with Gasteiger partial charge in [-0.05, 0) is 43.0 Å². The first-order valence-electron chi connectivity index (χ1n) is 8.82. The lowest BCUT2D eigenvalue weighted by atomic mass is 10.0. The smallest absolute Gasteiger partial charge is 0.303 e. The van der Waals surface area contributed by atoms with Crippen LogP contribution in [0.5, 0.6) is 0 Å². The number of carboxylic acid groups (broad SMARTS) is 1. The van der Waals surface area contributed by atoms with Crippen molar-refractivity contribution >= 4 is 33.9 Å². The van der Waals surface area contributed by atoms with E-state index < -0.39 is 5.97 Å². The van der Waals surface area contributed by atoms with Crippen molar-refractivity contribution in [3.63, 3.8) is 0 Å². The molecule has 0 saturated carbocycles. The maximum atomic E-state index is 11.6. The minimum absolute atomic E-state index is 0.162. The number of hydrogen-bond donors (Lipinski definition) is 1. The van der Waals surface area contributed by atoms with Gasteiger partial charge in [-0.3, -0.25) is 9.59 Å². The predicted molar refractivity (Wildman–Crippen MR) is 108 cm³/mol. The molecule has 2 aromatic rings. The summed E-state index contributed by atoms with van der Waals surface area (Å²) in [6.45, 7) is 2.78. The summed E-state index contributed by atoms with van der Waals surface area (Å²) in [7, 11) is 0. The van der Waals surface area contributed by atoms with E-state index in [1.807, 2.05) is 36.4 Å². The van der Waals surface area contributed by atoms with Crippen LogP contribution in [-0.2, 0) is 11.3 Å². The Kier molecular flexibility index (Phi) is 7.85. The molecule has 4 nitrogen and oxygen atoms in total. The van der Waals surface area contributed by atoms with Crippen LogP contribution in [0.1, 0.15) is 48.5 Å². The van der Waals surface area contributed by atoms with Crippen molar-refractivity contribution in [3.8, 4) is 0 Å². The Hall–Kier alpha value is -2.14. The van der Waals surface area contributed by atoms with Crippen LogP contribution in [0.15, 0.2) is 53.0 Å².